The number of fused-ring (bicyclic) bond motifs is 1. The minimum absolute atomic E-state index is 0.0311. The molecule has 0 aliphatic carbocycles. The Morgan fingerprint density at radius 1 is 1.43 bits per heavy atom. The number of carbonyl (C=O) groups is 1. The fourth-order valence-corrected chi connectivity index (χ4v) is 2.76. The van der Waals surface area contributed by atoms with Crippen molar-refractivity contribution in [2.75, 3.05) is 24.5 Å². The zero-order valence-electron chi connectivity index (χ0n) is 12.4. The maximum Gasteiger partial charge on any atom is 0.239 e. The molecular formula is C16H20N4O. The third-order valence-electron chi connectivity index (χ3n) is 3.88. The number of rotatable bonds is 2. The second kappa shape index (κ2) is 5.33. The minimum Gasteiger partial charge on any atom is -0.353 e. The number of para-hydroxylation sites is 1. The van der Waals surface area contributed by atoms with Crippen molar-refractivity contribution in [2.45, 2.75) is 19.9 Å². The summed E-state index contributed by atoms with van der Waals surface area (Å²) < 4.78 is 0. The zero-order valence-corrected chi connectivity index (χ0v) is 12.4. The number of pyridine rings is 1. The van der Waals surface area contributed by atoms with E-state index < -0.39 is 0 Å². The molecule has 2 heterocycles. The van der Waals surface area contributed by atoms with Crippen molar-refractivity contribution >= 4 is 22.6 Å². The number of hydrogen-bond donors (Lipinski definition) is 2. The molecule has 2 aromatic rings. The number of hydrogen-bond acceptors (Lipinski definition) is 4. The number of anilines is 1. The number of nitrogens with two attached hydrogens (primary N) is 1. The maximum absolute atomic E-state index is 11.6. The summed E-state index contributed by atoms with van der Waals surface area (Å²) in [7, 11) is 0. The summed E-state index contributed by atoms with van der Waals surface area (Å²) in [6.07, 6.45) is 0. The third kappa shape index (κ3) is 2.56. The van der Waals surface area contributed by atoms with E-state index in [1.165, 1.54) is 0 Å². The molecule has 0 saturated carbocycles. The Kier molecular flexibility index (Phi) is 3.51. The van der Waals surface area contributed by atoms with Gasteiger partial charge >= 0.3 is 0 Å². The van der Waals surface area contributed by atoms with E-state index >= 15 is 0 Å². The Balaban J connectivity index is 2.16. The van der Waals surface area contributed by atoms with Gasteiger partial charge in [-0.05, 0) is 25.5 Å². The van der Waals surface area contributed by atoms with Crippen molar-refractivity contribution in [3.05, 3.63) is 35.4 Å². The third-order valence-corrected chi connectivity index (χ3v) is 3.88. The lowest BCUT2D eigenvalue weighted by molar-refractivity contribution is -0.120. The molecule has 21 heavy (non-hydrogen) atoms. The molecule has 5 heteroatoms. The predicted molar refractivity (Wildman–Crippen MR) is 84.3 cm³/mol. The van der Waals surface area contributed by atoms with Gasteiger partial charge in [0.1, 0.15) is 5.82 Å². The number of piperazine rings is 1. The summed E-state index contributed by atoms with van der Waals surface area (Å²) in [5, 5.41) is 3.93. The van der Waals surface area contributed by atoms with Gasteiger partial charge in [0.25, 0.3) is 0 Å². The molecule has 3 N–H and O–H groups in total. The highest BCUT2D eigenvalue weighted by molar-refractivity contribution is 5.87. The highest BCUT2D eigenvalue weighted by Gasteiger charge is 2.22. The number of aromatic nitrogens is 1. The normalized spacial score (nSPS) is 16.9. The van der Waals surface area contributed by atoms with Crippen LogP contribution in [0.1, 0.15) is 24.1 Å². The number of nitrogens with one attached hydrogen (secondary N) is 1. The van der Waals surface area contributed by atoms with Crippen molar-refractivity contribution in [3.8, 4) is 0 Å². The number of amides is 1. The lowest BCUT2D eigenvalue weighted by atomic mass is 10.0. The number of carbonyl (C=O) groups excluding carboxylic acids is 1. The van der Waals surface area contributed by atoms with Gasteiger partial charge in [-0.15, -0.1) is 0 Å². The SMILES string of the molecule is Cc1cccc2cc([C@H](C)N)c(N3CCNC(=O)C3)nc12. The molecule has 1 amide bonds. The molecule has 0 spiro atoms. The molecule has 5 nitrogen and oxygen atoms in total. The summed E-state index contributed by atoms with van der Waals surface area (Å²) >= 11 is 0. The van der Waals surface area contributed by atoms with Crippen LogP contribution in [0.25, 0.3) is 10.9 Å². The maximum atomic E-state index is 11.6. The Bertz CT molecular complexity index is 696. The van der Waals surface area contributed by atoms with Crippen LogP contribution in [0, 0.1) is 6.92 Å². The van der Waals surface area contributed by atoms with Crippen LogP contribution in [0.2, 0.25) is 0 Å². The molecule has 1 aromatic heterocycles. The first-order valence-corrected chi connectivity index (χ1v) is 7.24. The summed E-state index contributed by atoms with van der Waals surface area (Å²) in [4.78, 5) is 18.5. The van der Waals surface area contributed by atoms with Gasteiger partial charge in [-0.3, -0.25) is 4.79 Å². The van der Waals surface area contributed by atoms with E-state index in [2.05, 4.69) is 11.4 Å². The van der Waals surface area contributed by atoms with Crippen LogP contribution < -0.4 is 16.0 Å². The van der Waals surface area contributed by atoms with Crippen LogP contribution in [0.15, 0.2) is 24.3 Å². The summed E-state index contributed by atoms with van der Waals surface area (Å²) in [5.41, 5.74) is 9.21. The first-order chi connectivity index (χ1) is 10.1. The molecule has 1 aliphatic rings. The standard InChI is InChI=1S/C16H20N4O/c1-10-4-3-5-12-8-13(11(2)17)16(19-15(10)12)20-7-6-18-14(21)9-20/h3-5,8,11H,6-7,9,17H2,1-2H3,(H,18,21)/t11-/m0/s1. The van der Waals surface area contributed by atoms with E-state index in [1.54, 1.807) is 0 Å². The molecule has 0 radical (unpaired) electrons. The van der Waals surface area contributed by atoms with E-state index in [4.69, 9.17) is 10.7 Å². The van der Waals surface area contributed by atoms with Crippen LogP contribution in [-0.2, 0) is 4.79 Å². The van der Waals surface area contributed by atoms with Crippen molar-refractivity contribution in [2.24, 2.45) is 5.73 Å². The fraction of sp³-hybridized carbons (Fsp3) is 0.375. The summed E-state index contributed by atoms with van der Waals surface area (Å²) in [5.74, 6) is 0.866. The number of aryl methyl sites for hydroxylation is 1. The molecule has 3 rings (SSSR count). The van der Waals surface area contributed by atoms with E-state index in [1.807, 2.05) is 36.9 Å². The molecule has 0 bridgehead atoms. The second-order valence-electron chi connectivity index (χ2n) is 5.61. The Hall–Kier alpha value is -2.14. The molecule has 1 aliphatic heterocycles. The first kappa shape index (κ1) is 13.8. The summed E-state index contributed by atoms with van der Waals surface area (Å²) in [6.45, 7) is 5.74. The molecular weight excluding hydrogens is 264 g/mol. The van der Waals surface area contributed by atoms with E-state index in [-0.39, 0.29) is 11.9 Å². The molecule has 1 aromatic carbocycles. The minimum atomic E-state index is -0.123. The van der Waals surface area contributed by atoms with E-state index in [0.29, 0.717) is 13.1 Å². The van der Waals surface area contributed by atoms with Gasteiger partial charge in [-0.2, -0.15) is 0 Å². The lowest BCUT2D eigenvalue weighted by Crippen LogP contribution is -2.48. The molecule has 1 fully saturated rings. The Morgan fingerprint density at radius 2 is 2.24 bits per heavy atom. The predicted octanol–water partition coefficient (Wildman–Crippen LogP) is 1.50. The Labute approximate surface area is 124 Å². The van der Waals surface area contributed by atoms with Gasteiger partial charge < -0.3 is 16.0 Å². The summed E-state index contributed by atoms with van der Waals surface area (Å²) in [6, 6.07) is 8.10. The highest BCUT2D eigenvalue weighted by atomic mass is 16.2. The van der Waals surface area contributed by atoms with Crippen molar-refractivity contribution in [1.82, 2.24) is 10.3 Å². The van der Waals surface area contributed by atoms with Gasteiger partial charge in [0.2, 0.25) is 5.91 Å². The first-order valence-electron chi connectivity index (χ1n) is 7.24. The molecule has 110 valence electrons. The van der Waals surface area contributed by atoms with Crippen molar-refractivity contribution in [1.29, 1.82) is 0 Å². The average Bonchev–Trinajstić information content (AvgIpc) is 2.46. The van der Waals surface area contributed by atoms with Gasteiger partial charge in [0, 0.05) is 30.1 Å². The topological polar surface area (TPSA) is 71.2 Å². The van der Waals surface area contributed by atoms with Crippen molar-refractivity contribution < 1.29 is 4.79 Å². The lowest BCUT2D eigenvalue weighted by Gasteiger charge is -2.30. The van der Waals surface area contributed by atoms with Crippen LogP contribution in [0.4, 0.5) is 5.82 Å². The van der Waals surface area contributed by atoms with Crippen LogP contribution in [-0.4, -0.2) is 30.5 Å². The van der Waals surface area contributed by atoms with E-state index in [0.717, 1.165) is 34.4 Å². The van der Waals surface area contributed by atoms with Crippen LogP contribution in [0.3, 0.4) is 0 Å². The smallest absolute Gasteiger partial charge is 0.239 e. The average molecular weight is 284 g/mol. The quantitative estimate of drug-likeness (QED) is 0.876. The molecule has 1 atom stereocenters. The molecule has 0 unspecified atom stereocenters. The van der Waals surface area contributed by atoms with Crippen LogP contribution >= 0.6 is 0 Å². The van der Waals surface area contributed by atoms with Gasteiger partial charge in [0.05, 0.1) is 12.1 Å². The van der Waals surface area contributed by atoms with Crippen molar-refractivity contribution in [3.63, 3.8) is 0 Å². The fourth-order valence-electron chi connectivity index (χ4n) is 2.76. The monoisotopic (exact) mass is 284 g/mol. The van der Waals surface area contributed by atoms with Gasteiger partial charge in [-0.1, -0.05) is 18.2 Å². The largest absolute Gasteiger partial charge is 0.353 e. The number of benzene rings is 1. The second-order valence-corrected chi connectivity index (χ2v) is 5.61. The molecule has 1 saturated heterocycles. The zero-order chi connectivity index (χ0) is 15.0. The van der Waals surface area contributed by atoms with Gasteiger partial charge in [0.15, 0.2) is 0 Å². The van der Waals surface area contributed by atoms with Crippen LogP contribution in [0.5, 0.6) is 0 Å². The van der Waals surface area contributed by atoms with E-state index in [9.17, 15) is 4.79 Å². The van der Waals surface area contributed by atoms with Gasteiger partial charge in [-0.25, -0.2) is 4.98 Å². The number of nitrogens with zero attached hydrogens (tertiary/aromatic N) is 2. The Morgan fingerprint density at radius 3 is 2.95 bits per heavy atom. The highest BCUT2D eigenvalue weighted by Crippen LogP contribution is 2.29.